The molecule has 1 aliphatic heterocycles. The van der Waals surface area contributed by atoms with Crippen LogP contribution in [0.25, 0.3) is 0 Å². The van der Waals surface area contributed by atoms with E-state index < -0.39 is 10.0 Å². The van der Waals surface area contributed by atoms with E-state index in [9.17, 15) is 18.0 Å². The molecule has 2 aromatic carbocycles. The van der Waals surface area contributed by atoms with Crippen LogP contribution in [0.15, 0.2) is 53.4 Å². The highest BCUT2D eigenvalue weighted by atomic mass is 35.5. The van der Waals surface area contributed by atoms with Crippen molar-refractivity contribution < 1.29 is 22.7 Å². The van der Waals surface area contributed by atoms with Crippen molar-refractivity contribution in [3.05, 3.63) is 59.1 Å². The van der Waals surface area contributed by atoms with E-state index in [1.807, 2.05) is 12.1 Å². The molecular weight excluding hydrogens is 440 g/mol. The number of aryl methyl sites for hydroxylation is 1. The predicted octanol–water partition coefficient (Wildman–Crippen LogP) is 2.77. The zero-order valence-electron chi connectivity index (χ0n) is 17.3. The second kappa shape index (κ2) is 10.3. The summed E-state index contributed by atoms with van der Waals surface area (Å²) in [6.45, 7) is 2.42. The van der Waals surface area contributed by atoms with Crippen LogP contribution in [-0.4, -0.2) is 62.1 Å². The minimum absolute atomic E-state index is 0.0755. The van der Waals surface area contributed by atoms with Crippen LogP contribution < -0.4 is 4.74 Å². The van der Waals surface area contributed by atoms with E-state index in [1.165, 1.54) is 10.4 Å². The molecule has 0 unspecified atom stereocenters. The number of benzene rings is 2. The lowest BCUT2D eigenvalue weighted by molar-refractivity contribution is -0.134. The second-order valence-corrected chi connectivity index (χ2v) is 9.66. The number of hydrogen-bond donors (Lipinski definition) is 0. The third-order valence-electron chi connectivity index (χ3n) is 5.10. The van der Waals surface area contributed by atoms with E-state index in [-0.39, 0.29) is 54.4 Å². The van der Waals surface area contributed by atoms with Crippen molar-refractivity contribution in [2.75, 3.05) is 32.8 Å². The van der Waals surface area contributed by atoms with Gasteiger partial charge in [-0.3, -0.25) is 4.79 Å². The molecule has 0 bridgehead atoms. The van der Waals surface area contributed by atoms with Crippen molar-refractivity contribution in [2.24, 2.45) is 0 Å². The number of ether oxygens (including phenoxy) is 1. The third kappa shape index (κ3) is 6.06. The Morgan fingerprint density at radius 1 is 1.00 bits per heavy atom. The van der Waals surface area contributed by atoms with Gasteiger partial charge in [-0.25, -0.2) is 8.42 Å². The molecule has 0 spiro atoms. The summed E-state index contributed by atoms with van der Waals surface area (Å²) in [5.74, 6) is 0.515. The molecule has 0 aliphatic carbocycles. The number of carbonyl (C=O) groups excluding carboxylic acids is 2. The quantitative estimate of drug-likeness (QED) is 0.599. The van der Waals surface area contributed by atoms with Gasteiger partial charge < -0.3 is 14.4 Å². The Balaban J connectivity index is 1.49. The molecule has 0 radical (unpaired) electrons. The Morgan fingerprint density at radius 2 is 1.65 bits per heavy atom. The molecule has 166 valence electrons. The number of piperazine rings is 1. The van der Waals surface area contributed by atoms with Gasteiger partial charge in [0.1, 0.15) is 16.4 Å². The van der Waals surface area contributed by atoms with Gasteiger partial charge in [-0.05, 0) is 43.2 Å². The Kier molecular flexibility index (Phi) is 7.69. The van der Waals surface area contributed by atoms with Gasteiger partial charge in [0, 0.05) is 32.6 Å². The van der Waals surface area contributed by atoms with Crippen LogP contribution in [-0.2, 0) is 26.0 Å². The fourth-order valence-corrected chi connectivity index (χ4v) is 5.20. The summed E-state index contributed by atoms with van der Waals surface area (Å²) in [4.78, 5) is 25.2. The maximum absolute atomic E-state index is 12.8. The average molecular weight is 465 g/mol. The van der Waals surface area contributed by atoms with Crippen molar-refractivity contribution in [3.8, 4) is 5.75 Å². The van der Waals surface area contributed by atoms with E-state index in [2.05, 4.69) is 0 Å². The first-order chi connectivity index (χ1) is 14.8. The maximum Gasteiger partial charge on any atom is 0.260 e. The van der Waals surface area contributed by atoms with Crippen LogP contribution in [0, 0.1) is 0 Å². The molecule has 1 heterocycles. The molecule has 3 rings (SSSR count). The van der Waals surface area contributed by atoms with Crippen LogP contribution in [0.3, 0.4) is 0 Å². The zero-order chi connectivity index (χ0) is 22.4. The van der Waals surface area contributed by atoms with Crippen molar-refractivity contribution in [1.29, 1.82) is 0 Å². The average Bonchev–Trinajstić information content (AvgIpc) is 2.77. The third-order valence-corrected chi connectivity index (χ3v) is 7.50. The van der Waals surface area contributed by atoms with Crippen molar-refractivity contribution >= 4 is 33.3 Å². The Labute approximate surface area is 187 Å². The number of nitrogens with zero attached hydrogens (tertiary/aromatic N) is 2. The smallest absolute Gasteiger partial charge is 0.260 e. The van der Waals surface area contributed by atoms with Crippen LogP contribution >= 0.6 is 11.6 Å². The van der Waals surface area contributed by atoms with Crippen molar-refractivity contribution in [1.82, 2.24) is 9.21 Å². The zero-order valence-corrected chi connectivity index (χ0v) is 18.9. The van der Waals surface area contributed by atoms with Gasteiger partial charge in [0.05, 0.1) is 5.02 Å². The Hall–Kier alpha value is -2.42. The molecule has 2 aromatic rings. The topological polar surface area (TPSA) is 84.0 Å². The maximum atomic E-state index is 12.8. The highest BCUT2D eigenvalue weighted by Crippen LogP contribution is 2.25. The first-order valence-corrected chi connectivity index (χ1v) is 11.8. The summed E-state index contributed by atoms with van der Waals surface area (Å²) < 4.78 is 32.5. The second-order valence-electron chi connectivity index (χ2n) is 7.35. The Bertz CT molecular complexity index is 1030. The van der Waals surface area contributed by atoms with Crippen LogP contribution in [0.5, 0.6) is 5.75 Å². The first kappa shape index (κ1) is 23.2. The lowest BCUT2D eigenvalue weighted by Gasteiger charge is -2.34. The molecule has 0 saturated carbocycles. The molecule has 9 heteroatoms. The largest absolute Gasteiger partial charge is 0.484 e. The molecule has 0 aromatic heterocycles. The molecule has 31 heavy (non-hydrogen) atoms. The van der Waals surface area contributed by atoms with Gasteiger partial charge in [-0.1, -0.05) is 35.9 Å². The molecular formula is C22H25ClN2O5S. The van der Waals surface area contributed by atoms with E-state index in [0.29, 0.717) is 18.6 Å². The summed E-state index contributed by atoms with van der Waals surface area (Å²) in [7, 11) is -3.70. The highest BCUT2D eigenvalue weighted by molar-refractivity contribution is 7.89. The molecule has 1 aliphatic rings. The monoisotopic (exact) mass is 464 g/mol. The number of sulfonamides is 1. The molecule has 0 N–H and O–H groups in total. The lowest BCUT2D eigenvalue weighted by Crippen LogP contribution is -2.51. The van der Waals surface area contributed by atoms with Gasteiger partial charge in [0.25, 0.3) is 5.91 Å². The number of ketones is 1. The summed E-state index contributed by atoms with van der Waals surface area (Å²) in [5, 5.41) is 0.182. The minimum Gasteiger partial charge on any atom is -0.484 e. The number of rotatable bonds is 8. The fourth-order valence-electron chi connectivity index (χ4n) is 3.28. The first-order valence-electron chi connectivity index (χ1n) is 10.0. The standard InChI is InChI=1S/C22H25ClN2O5S/c1-17(26)6-7-18-8-10-19(11-9-18)30-16-22(27)24-12-14-25(15-13-24)31(28,29)21-5-3-2-4-20(21)23/h2-5,8-11H,6-7,12-16H2,1H3. The molecule has 0 atom stereocenters. The predicted molar refractivity (Wildman–Crippen MR) is 118 cm³/mol. The fraction of sp³-hybridized carbons (Fsp3) is 0.364. The summed E-state index contributed by atoms with van der Waals surface area (Å²) in [6.07, 6.45) is 1.17. The van der Waals surface area contributed by atoms with Gasteiger partial charge in [-0.15, -0.1) is 0 Å². The number of amides is 1. The summed E-state index contributed by atoms with van der Waals surface area (Å²) in [6, 6.07) is 13.6. The lowest BCUT2D eigenvalue weighted by atomic mass is 10.1. The minimum atomic E-state index is -3.70. The van der Waals surface area contributed by atoms with E-state index in [0.717, 1.165) is 5.56 Å². The van der Waals surface area contributed by atoms with Crippen LogP contribution in [0.2, 0.25) is 5.02 Å². The number of Topliss-reactive ketones (excluding diaryl/α,β-unsaturated/α-hetero) is 1. The SMILES string of the molecule is CC(=O)CCc1ccc(OCC(=O)N2CCN(S(=O)(=O)c3ccccc3Cl)CC2)cc1. The van der Waals surface area contributed by atoms with Gasteiger partial charge in [-0.2, -0.15) is 4.31 Å². The number of carbonyl (C=O) groups is 2. The van der Waals surface area contributed by atoms with Crippen molar-refractivity contribution in [2.45, 2.75) is 24.7 Å². The number of halogens is 1. The van der Waals surface area contributed by atoms with E-state index in [4.69, 9.17) is 16.3 Å². The van der Waals surface area contributed by atoms with Gasteiger partial charge in [0.2, 0.25) is 10.0 Å². The van der Waals surface area contributed by atoms with Gasteiger partial charge >= 0.3 is 0 Å². The number of hydrogen-bond acceptors (Lipinski definition) is 5. The van der Waals surface area contributed by atoms with Crippen LogP contribution in [0.4, 0.5) is 0 Å². The molecule has 1 fully saturated rings. The summed E-state index contributed by atoms with van der Waals surface area (Å²) >= 11 is 6.05. The molecule has 7 nitrogen and oxygen atoms in total. The normalized spacial score (nSPS) is 15.0. The highest BCUT2D eigenvalue weighted by Gasteiger charge is 2.31. The van der Waals surface area contributed by atoms with Crippen molar-refractivity contribution in [3.63, 3.8) is 0 Å². The van der Waals surface area contributed by atoms with E-state index in [1.54, 1.807) is 42.2 Å². The molecule has 1 saturated heterocycles. The van der Waals surface area contributed by atoms with Gasteiger partial charge in [0.15, 0.2) is 6.61 Å². The Morgan fingerprint density at radius 3 is 2.26 bits per heavy atom. The molecule has 1 amide bonds. The summed E-state index contributed by atoms with van der Waals surface area (Å²) in [5.41, 5.74) is 1.03. The van der Waals surface area contributed by atoms with E-state index >= 15 is 0 Å². The van der Waals surface area contributed by atoms with Crippen LogP contribution in [0.1, 0.15) is 18.9 Å².